The van der Waals surface area contributed by atoms with E-state index in [1.165, 1.54) is 37.7 Å². The zero-order chi connectivity index (χ0) is 18.4. The largest absolute Gasteiger partial charge is 0.468 e. The summed E-state index contributed by atoms with van der Waals surface area (Å²) in [6, 6.07) is 0. The molecule has 4 aliphatic carbocycles. The smallest absolute Gasteiger partial charge is 0.199 e. The van der Waals surface area contributed by atoms with E-state index in [9.17, 15) is 0 Å². The predicted octanol–water partition coefficient (Wildman–Crippen LogP) is 5.45. The van der Waals surface area contributed by atoms with E-state index >= 15 is 0 Å². The molecule has 2 unspecified atom stereocenters. The number of rotatable bonds is 3. The fourth-order valence-corrected chi connectivity index (χ4v) is 5.99. The number of ether oxygens (including phenoxy) is 3. The molecule has 0 radical (unpaired) electrons. The first kappa shape index (κ1) is 17.8. The van der Waals surface area contributed by atoms with Crippen LogP contribution in [0.5, 0.6) is 0 Å². The Labute approximate surface area is 163 Å². The molecule has 2 saturated carbocycles. The van der Waals surface area contributed by atoms with Gasteiger partial charge in [-0.15, -0.1) is 0 Å². The molecule has 0 amide bonds. The summed E-state index contributed by atoms with van der Waals surface area (Å²) in [7, 11) is 1.86. The fourth-order valence-electron chi connectivity index (χ4n) is 5.99. The van der Waals surface area contributed by atoms with E-state index in [2.05, 4.69) is 31.2 Å². The predicted molar refractivity (Wildman–Crippen MR) is 106 cm³/mol. The fraction of sp³-hybridized carbons (Fsp3) is 0.667. The maximum Gasteiger partial charge on any atom is 0.199 e. The summed E-state index contributed by atoms with van der Waals surface area (Å²) in [6.45, 7) is 3.21. The van der Waals surface area contributed by atoms with Gasteiger partial charge in [0.25, 0.3) is 0 Å². The Kier molecular flexibility index (Phi) is 4.56. The minimum atomic E-state index is -0.0524. The normalized spacial score (nSPS) is 40.7. The van der Waals surface area contributed by atoms with Crippen LogP contribution in [0.4, 0.5) is 0 Å². The zero-order valence-electron chi connectivity index (χ0n) is 16.7. The lowest BCUT2D eigenvalue weighted by Gasteiger charge is -2.47. The Morgan fingerprint density at radius 1 is 1.00 bits per heavy atom. The second-order valence-corrected chi connectivity index (χ2v) is 9.11. The number of hydrogen-bond acceptors (Lipinski definition) is 3. The first-order chi connectivity index (χ1) is 13.2. The summed E-state index contributed by atoms with van der Waals surface area (Å²) in [5.41, 5.74) is 4.70. The quantitative estimate of drug-likeness (QED) is 0.663. The Hall–Kier alpha value is -1.32. The molecular weight excluding hydrogens is 336 g/mol. The van der Waals surface area contributed by atoms with Crippen molar-refractivity contribution >= 4 is 0 Å². The highest BCUT2D eigenvalue weighted by molar-refractivity contribution is 5.54. The Morgan fingerprint density at radius 2 is 1.93 bits per heavy atom. The van der Waals surface area contributed by atoms with Gasteiger partial charge in [0.15, 0.2) is 6.29 Å². The van der Waals surface area contributed by atoms with Crippen molar-refractivity contribution in [2.24, 2.45) is 17.3 Å². The summed E-state index contributed by atoms with van der Waals surface area (Å²) >= 11 is 0. The maximum atomic E-state index is 6.37. The molecule has 146 valence electrons. The van der Waals surface area contributed by atoms with Crippen molar-refractivity contribution in [3.63, 3.8) is 0 Å². The third-order valence-electron chi connectivity index (χ3n) is 7.64. The highest BCUT2D eigenvalue weighted by Gasteiger charge is 2.48. The van der Waals surface area contributed by atoms with Crippen LogP contribution in [0, 0.1) is 17.3 Å². The summed E-state index contributed by atoms with van der Waals surface area (Å²) in [6.07, 6.45) is 19.1. The van der Waals surface area contributed by atoms with Crippen molar-refractivity contribution in [1.29, 1.82) is 0 Å². The van der Waals surface area contributed by atoms with Gasteiger partial charge in [-0.25, -0.2) is 0 Å². The topological polar surface area (TPSA) is 27.7 Å². The minimum Gasteiger partial charge on any atom is -0.468 e. The lowest BCUT2D eigenvalue weighted by atomic mass is 9.59. The summed E-state index contributed by atoms with van der Waals surface area (Å²) < 4.78 is 17.8. The van der Waals surface area contributed by atoms with Crippen molar-refractivity contribution < 1.29 is 14.2 Å². The number of fused-ring (bicyclic) bond motifs is 5. The van der Waals surface area contributed by atoms with E-state index in [-0.39, 0.29) is 11.7 Å². The molecule has 0 aromatic carbocycles. The van der Waals surface area contributed by atoms with Gasteiger partial charge < -0.3 is 14.2 Å². The molecule has 5 rings (SSSR count). The molecule has 0 N–H and O–H groups in total. The van der Waals surface area contributed by atoms with Crippen LogP contribution >= 0.6 is 0 Å². The Morgan fingerprint density at radius 3 is 2.74 bits per heavy atom. The van der Waals surface area contributed by atoms with Gasteiger partial charge in [-0.1, -0.05) is 23.8 Å². The third kappa shape index (κ3) is 2.94. The third-order valence-corrected chi connectivity index (χ3v) is 7.64. The summed E-state index contributed by atoms with van der Waals surface area (Å²) in [4.78, 5) is 0. The molecular formula is C24H32O3. The monoisotopic (exact) mass is 368 g/mol. The second kappa shape index (κ2) is 6.93. The van der Waals surface area contributed by atoms with Gasteiger partial charge in [0.1, 0.15) is 5.76 Å². The van der Waals surface area contributed by atoms with Gasteiger partial charge in [0, 0.05) is 13.5 Å². The van der Waals surface area contributed by atoms with Crippen LogP contribution in [-0.4, -0.2) is 26.1 Å². The van der Waals surface area contributed by atoms with E-state index in [0.717, 1.165) is 31.6 Å². The van der Waals surface area contributed by atoms with Gasteiger partial charge >= 0.3 is 0 Å². The Balaban J connectivity index is 1.36. The maximum absolute atomic E-state index is 6.37. The van der Waals surface area contributed by atoms with E-state index in [1.807, 2.05) is 7.11 Å². The summed E-state index contributed by atoms with van der Waals surface area (Å²) in [5.74, 6) is 2.52. The molecule has 5 atom stereocenters. The number of allylic oxidation sites excluding steroid dienone is 6. The average Bonchev–Trinajstić information content (AvgIpc) is 3.04. The molecule has 3 fully saturated rings. The van der Waals surface area contributed by atoms with Crippen LogP contribution in [0.1, 0.15) is 58.3 Å². The van der Waals surface area contributed by atoms with Crippen molar-refractivity contribution in [3.05, 3.63) is 46.8 Å². The van der Waals surface area contributed by atoms with Crippen molar-refractivity contribution in [2.45, 2.75) is 70.7 Å². The molecule has 3 nitrogen and oxygen atoms in total. The summed E-state index contributed by atoms with van der Waals surface area (Å²) in [5, 5.41) is 0. The first-order valence-corrected chi connectivity index (χ1v) is 10.8. The highest BCUT2D eigenvalue weighted by Crippen LogP contribution is 2.58. The van der Waals surface area contributed by atoms with Gasteiger partial charge in [-0.2, -0.15) is 0 Å². The minimum absolute atomic E-state index is 0.0260. The van der Waals surface area contributed by atoms with Crippen LogP contribution in [0.3, 0.4) is 0 Å². The zero-order valence-corrected chi connectivity index (χ0v) is 16.7. The van der Waals surface area contributed by atoms with Gasteiger partial charge in [-0.05, 0) is 80.9 Å². The van der Waals surface area contributed by atoms with Crippen molar-refractivity contribution in [1.82, 2.24) is 0 Å². The molecule has 3 heteroatoms. The molecule has 5 aliphatic rings. The molecule has 0 aromatic rings. The van der Waals surface area contributed by atoms with Crippen LogP contribution in [0.25, 0.3) is 0 Å². The van der Waals surface area contributed by atoms with Crippen LogP contribution < -0.4 is 0 Å². The van der Waals surface area contributed by atoms with E-state index in [4.69, 9.17) is 14.2 Å². The van der Waals surface area contributed by atoms with E-state index < -0.39 is 0 Å². The molecule has 1 saturated heterocycles. The van der Waals surface area contributed by atoms with E-state index in [0.29, 0.717) is 17.9 Å². The van der Waals surface area contributed by atoms with Gasteiger partial charge in [-0.3, -0.25) is 0 Å². The standard InChI is InChI=1S/C24H32O3/c1-24-13-12-19-18-9-7-17(25-2)15-16(18)6-8-20(19)21(24)10-11-22(24)27-23-5-3-4-14-26-23/h6,8,10-11,17-19,23H,3-5,7,9,12-15H2,1-2H3/t17?,18-,19+,23?,24-/m0/s1. The van der Waals surface area contributed by atoms with Crippen LogP contribution in [-0.2, 0) is 14.2 Å². The first-order valence-electron chi connectivity index (χ1n) is 10.8. The number of methoxy groups -OCH3 is 1. The molecule has 1 heterocycles. The Bertz CT molecular complexity index is 722. The average molecular weight is 369 g/mol. The van der Waals surface area contributed by atoms with Crippen molar-refractivity contribution in [3.8, 4) is 0 Å². The lowest BCUT2D eigenvalue weighted by molar-refractivity contribution is -0.147. The van der Waals surface area contributed by atoms with Crippen LogP contribution in [0.2, 0.25) is 0 Å². The molecule has 0 aromatic heterocycles. The van der Waals surface area contributed by atoms with Crippen molar-refractivity contribution in [2.75, 3.05) is 13.7 Å². The highest BCUT2D eigenvalue weighted by atomic mass is 16.7. The molecule has 1 aliphatic heterocycles. The van der Waals surface area contributed by atoms with Gasteiger partial charge in [0.05, 0.1) is 18.1 Å². The number of hydrogen-bond donors (Lipinski definition) is 0. The second-order valence-electron chi connectivity index (χ2n) is 9.11. The van der Waals surface area contributed by atoms with E-state index in [1.54, 1.807) is 11.1 Å². The molecule has 0 spiro atoms. The van der Waals surface area contributed by atoms with Crippen LogP contribution in [0.15, 0.2) is 46.8 Å². The van der Waals surface area contributed by atoms with Gasteiger partial charge in [0.2, 0.25) is 0 Å². The SMILES string of the molecule is COC1CC[C@H]2C(=CC=C3C4=CC=C(OC5CCCCO5)[C@@]4(C)CC[C@@H]32)C1. The molecule has 0 bridgehead atoms. The molecule has 27 heavy (non-hydrogen) atoms. The lowest BCUT2D eigenvalue weighted by Crippen LogP contribution is -2.38.